The first-order valence-electron chi connectivity index (χ1n) is 8.18. The van der Waals surface area contributed by atoms with Crippen molar-refractivity contribution in [2.75, 3.05) is 25.0 Å². The van der Waals surface area contributed by atoms with E-state index in [1.165, 1.54) is 5.70 Å². The van der Waals surface area contributed by atoms with Gasteiger partial charge in [0.05, 0.1) is 0 Å². The Morgan fingerprint density at radius 3 is 3.00 bits per heavy atom. The van der Waals surface area contributed by atoms with E-state index in [9.17, 15) is 0 Å². The number of hydrogen-bond donors (Lipinski definition) is 1. The Balaban J connectivity index is 1.70. The van der Waals surface area contributed by atoms with E-state index in [1.54, 1.807) is 18.5 Å². The molecule has 3 heterocycles. The van der Waals surface area contributed by atoms with Crippen molar-refractivity contribution in [2.45, 2.75) is 19.4 Å². The minimum atomic E-state index is 0.334. The van der Waals surface area contributed by atoms with Crippen molar-refractivity contribution in [3.63, 3.8) is 0 Å². The highest BCUT2D eigenvalue weighted by molar-refractivity contribution is 6.04. The molecule has 0 saturated carbocycles. The maximum Gasteiger partial charge on any atom is 0.163 e. The maximum absolute atomic E-state index is 8.83. The number of rotatable bonds is 4. The number of aliphatic imine (C=N–C) groups is 1. The first-order chi connectivity index (χ1) is 12.1. The van der Waals surface area contributed by atoms with Gasteiger partial charge >= 0.3 is 0 Å². The number of hydrogen-bond acceptors (Lipinski definition) is 7. The van der Waals surface area contributed by atoms with Gasteiger partial charge in [0.15, 0.2) is 11.5 Å². The van der Waals surface area contributed by atoms with Gasteiger partial charge in [0.1, 0.15) is 11.9 Å². The van der Waals surface area contributed by atoms with E-state index in [0.717, 1.165) is 36.7 Å². The molecule has 0 amide bonds. The van der Waals surface area contributed by atoms with Gasteiger partial charge in [0.25, 0.3) is 0 Å². The van der Waals surface area contributed by atoms with Crippen molar-refractivity contribution in [3.8, 4) is 6.07 Å². The molecule has 0 radical (unpaired) electrons. The number of nitrogens with zero attached hydrogens (tertiary/aromatic N) is 6. The predicted molar refractivity (Wildman–Crippen MR) is 97.7 cm³/mol. The highest BCUT2D eigenvalue weighted by Crippen LogP contribution is 2.25. The average Bonchev–Trinajstić information content (AvgIpc) is 3.30. The molecule has 0 spiro atoms. The molecule has 1 atom stereocenters. The molecule has 0 bridgehead atoms. The number of nitriles is 1. The summed E-state index contributed by atoms with van der Waals surface area (Å²) in [5, 5.41) is 20.0. The van der Waals surface area contributed by atoms with Gasteiger partial charge in [-0.05, 0) is 37.8 Å². The average molecular weight is 335 g/mol. The fraction of sp³-hybridized carbons (Fsp3) is 0.333. The smallest absolute Gasteiger partial charge is 0.163 e. The van der Waals surface area contributed by atoms with E-state index in [1.807, 2.05) is 25.3 Å². The molecular weight excluding hydrogens is 314 g/mol. The van der Waals surface area contributed by atoms with Gasteiger partial charge < -0.3 is 15.1 Å². The molecule has 2 aliphatic rings. The van der Waals surface area contributed by atoms with Crippen molar-refractivity contribution < 1.29 is 0 Å². The van der Waals surface area contributed by atoms with Gasteiger partial charge in [0, 0.05) is 43.6 Å². The van der Waals surface area contributed by atoms with Crippen LogP contribution in [0.15, 0.2) is 53.5 Å². The molecule has 0 aromatic carbocycles. The molecule has 7 nitrogen and oxygen atoms in total. The highest BCUT2D eigenvalue weighted by atomic mass is 15.3. The summed E-state index contributed by atoms with van der Waals surface area (Å²) in [6, 6.07) is 5.88. The second-order valence-electron chi connectivity index (χ2n) is 6.03. The summed E-state index contributed by atoms with van der Waals surface area (Å²) in [7, 11) is 2.02. The van der Waals surface area contributed by atoms with Crippen LogP contribution < -0.4 is 10.2 Å². The molecule has 2 aliphatic heterocycles. The summed E-state index contributed by atoms with van der Waals surface area (Å²) in [5.74, 6) is 1.62. The minimum absolute atomic E-state index is 0.334. The standard InChI is InChI=1S/C18H21N7/c1-4-20-18-16(7-9-21-18)13(2)25-10-8-15(12-25)24(3)17-6-5-14(11-19)22-23-17/h4-7,9,15H,1,8,10,12H2,2-3H3,(H,20,21)/b16-13+/t15-/m1/s1. The number of allylic oxidation sites excluding steroid dienone is 1. The predicted octanol–water partition coefficient (Wildman–Crippen LogP) is 1.79. The Morgan fingerprint density at radius 1 is 1.48 bits per heavy atom. The molecule has 0 aliphatic carbocycles. The number of nitrogens with one attached hydrogen (secondary N) is 1. The van der Waals surface area contributed by atoms with Crippen molar-refractivity contribution in [2.24, 2.45) is 4.99 Å². The van der Waals surface area contributed by atoms with Crippen LogP contribution in [0.4, 0.5) is 5.82 Å². The first-order valence-corrected chi connectivity index (χ1v) is 8.18. The lowest BCUT2D eigenvalue weighted by Crippen LogP contribution is -2.35. The Labute approximate surface area is 147 Å². The lowest BCUT2D eigenvalue weighted by Gasteiger charge is -2.26. The van der Waals surface area contributed by atoms with Crippen molar-refractivity contribution in [3.05, 3.63) is 54.2 Å². The van der Waals surface area contributed by atoms with Crippen LogP contribution in [0.1, 0.15) is 19.0 Å². The Morgan fingerprint density at radius 2 is 2.32 bits per heavy atom. The second-order valence-corrected chi connectivity index (χ2v) is 6.03. The zero-order valence-electron chi connectivity index (χ0n) is 14.5. The van der Waals surface area contributed by atoms with Gasteiger partial charge in [0.2, 0.25) is 0 Å². The molecule has 1 aromatic heterocycles. The van der Waals surface area contributed by atoms with Gasteiger partial charge in [-0.1, -0.05) is 6.58 Å². The number of likely N-dealkylation sites (N-methyl/N-ethyl adjacent to an activating group) is 1. The Kier molecular flexibility index (Phi) is 4.80. The Bertz CT molecular complexity index is 783. The van der Waals surface area contributed by atoms with E-state index >= 15 is 0 Å². The van der Waals surface area contributed by atoms with Crippen LogP contribution in [0.25, 0.3) is 0 Å². The lowest BCUT2D eigenvalue weighted by atomic mass is 10.2. The zero-order chi connectivity index (χ0) is 17.8. The van der Waals surface area contributed by atoms with Crippen LogP contribution in [-0.2, 0) is 0 Å². The Hall–Kier alpha value is -3.14. The summed E-state index contributed by atoms with van der Waals surface area (Å²) < 4.78 is 0. The third-order valence-corrected chi connectivity index (χ3v) is 4.64. The summed E-state index contributed by atoms with van der Waals surface area (Å²) in [6.07, 6.45) is 6.50. The van der Waals surface area contributed by atoms with Gasteiger partial charge in [-0.25, -0.2) is 4.99 Å². The fourth-order valence-corrected chi connectivity index (χ4v) is 3.13. The first kappa shape index (κ1) is 16.7. The highest BCUT2D eigenvalue weighted by Gasteiger charge is 2.28. The number of aromatic nitrogens is 2. The van der Waals surface area contributed by atoms with E-state index in [-0.39, 0.29) is 0 Å². The normalized spacial score (nSPS) is 20.9. The summed E-state index contributed by atoms with van der Waals surface area (Å²) in [5.41, 5.74) is 2.63. The molecule has 7 heteroatoms. The second kappa shape index (κ2) is 7.18. The monoisotopic (exact) mass is 335 g/mol. The van der Waals surface area contributed by atoms with E-state index in [0.29, 0.717) is 11.7 Å². The molecule has 1 aromatic rings. The molecule has 1 fully saturated rings. The van der Waals surface area contributed by atoms with Gasteiger partial charge in [-0.15, -0.1) is 10.2 Å². The fourth-order valence-electron chi connectivity index (χ4n) is 3.13. The number of likely N-dealkylation sites (tertiary alicyclic amines) is 1. The molecule has 128 valence electrons. The largest absolute Gasteiger partial charge is 0.372 e. The van der Waals surface area contributed by atoms with Crippen LogP contribution >= 0.6 is 0 Å². The molecule has 25 heavy (non-hydrogen) atoms. The quantitative estimate of drug-likeness (QED) is 0.903. The van der Waals surface area contributed by atoms with Crippen LogP contribution in [0, 0.1) is 11.3 Å². The van der Waals surface area contributed by atoms with Crippen molar-refractivity contribution in [1.82, 2.24) is 20.4 Å². The lowest BCUT2D eigenvalue weighted by molar-refractivity contribution is 0.417. The van der Waals surface area contributed by atoms with Crippen molar-refractivity contribution in [1.29, 1.82) is 5.26 Å². The van der Waals surface area contributed by atoms with Crippen molar-refractivity contribution >= 4 is 11.7 Å². The SMILES string of the molecule is C=CNC1=NC=C/C1=C(/C)N1CC[C@@H](N(C)c2ccc(C#N)nn2)C1. The summed E-state index contributed by atoms with van der Waals surface area (Å²) in [4.78, 5) is 8.83. The van der Waals surface area contributed by atoms with E-state index in [2.05, 4.69) is 43.8 Å². The maximum atomic E-state index is 8.83. The van der Waals surface area contributed by atoms with E-state index in [4.69, 9.17) is 5.26 Å². The summed E-state index contributed by atoms with van der Waals surface area (Å²) in [6.45, 7) is 7.70. The molecule has 0 unspecified atom stereocenters. The molecule has 3 rings (SSSR count). The number of anilines is 1. The topological polar surface area (TPSA) is 80.4 Å². The summed E-state index contributed by atoms with van der Waals surface area (Å²) >= 11 is 0. The van der Waals surface area contributed by atoms with Crippen LogP contribution in [0.2, 0.25) is 0 Å². The molecule has 1 saturated heterocycles. The molecule has 1 N–H and O–H groups in total. The van der Waals surface area contributed by atoms with Gasteiger partial charge in [-0.3, -0.25) is 0 Å². The van der Waals surface area contributed by atoms with E-state index < -0.39 is 0 Å². The van der Waals surface area contributed by atoms with Crippen LogP contribution in [0.3, 0.4) is 0 Å². The number of amidine groups is 1. The minimum Gasteiger partial charge on any atom is -0.372 e. The van der Waals surface area contributed by atoms with Crippen LogP contribution in [-0.4, -0.2) is 47.1 Å². The zero-order valence-corrected chi connectivity index (χ0v) is 14.5. The molecular formula is C18H21N7. The third-order valence-electron chi connectivity index (χ3n) is 4.64. The van der Waals surface area contributed by atoms with Crippen LogP contribution in [0.5, 0.6) is 0 Å². The van der Waals surface area contributed by atoms with Gasteiger partial charge in [-0.2, -0.15) is 5.26 Å². The third kappa shape index (κ3) is 3.38.